The summed E-state index contributed by atoms with van der Waals surface area (Å²) in [5.41, 5.74) is -0.500. The maximum Gasteiger partial charge on any atom is 0.256 e. The Labute approximate surface area is 224 Å². The van der Waals surface area contributed by atoms with E-state index in [1.807, 2.05) is 0 Å². The number of sulfonamides is 1. The molecule has 0 atom stereocenters. The third-order valence-corrected chi connectivity index (χ3v) is 7.92. The molecule has 2 aromatic carbocycles. The smallest absolute Gasteiger partial charge is 0.256 e. The van der Waals surface area contributed by atoms with Crippen LogP contribution in [0.4, 0.5) is 0 Å². The first-order valence-electron chi connectivity index (χ1n) is 8.15. The first kappa shape index (κ1) is 30.2. The van der Waals surface area contributed by atoms with Crippen LogP contribution in [0.15, 0.2) is 23.1 Å². The van der Waals surface area contributed by atoms with Crippen LogP contribution in [0.2, 0.25) is 20.1 Å². The van der Waals surface area contributed by atoms with Gasteiger partial charge in [-0.05, 0) is 53.0 Å². The second-order valence-corrected chi connectivity index (χ2v) is 10.7. The fraction of sp³-hybridized carbons (Fsp3) is 0.167. The molecule has 0 saturated heterocycles. The Morgan fingerprint density at radius 2 is 1.18 bits per heavy atom. The van der Waals surface area contributed by atoms with Gasteiger partial charge in [0.2, 0.25) is 10.0 Å². The van der Waals surface area contributed by atoms with E-state index in [0.717, 1.165) is 4.31 Å². The molecule has 0 aromatic heterocycles. The van der Waals surface area contributed by atoms with Crippen LogP contribution in [0.3, 0.4) is 0 Å². The minimum atomic E-state index is -3.59. The SMILES string of the molecule is COc1ccc(S(=O)(=O)N(C)C)cc1C(=O)Cl.O=C(Cl)c1c(Cl)c(Cl)c(C(=O)Cl)c(Cl)c1Cl. The molecule has 0 heterocycles. The zero-order chi connectivity index (χ0) is 25.8. The zero-order valence-corrected chi connectivity index (χ0v) is 22.8. The number of methoxy groups -OCH3 is 1. The fourth-order valence-corrected chi connectivity index (χ4v) is 5.03. The Morgan fingerprint density at radius 3 is 1.45 bits per heavy atom. The minimum absolute atomic E-state index is 0.00713. The summed E-state index contributed by atoms with van der Waals surface area (Å²) >= 11 is 38.7. The van der Waals surface area contributed by atoms with Crippen LogP contribution in [0.1, 0.15) is 31.1 Å². The molecule has 0 amide bonds. The Hall–Kier alpha value is -0.810. The predicted octanol–water partition coefficient (Wildman–Crippen LogP) is 6.38. The summed E-state index contributed by atoms with van der Waals surface area (Å²) in [4.78, 5) is 33.2. The van der Waals surface area contributed by atoms with E-state index in [2.05, 4.69) is 0 Å². The lowest BCUT2D eigenvalue weighted by molar-refractivity contribution is 0.107. The molecule has 15 heteroatoms. The van der Waals surface area contributed by atoms with Gasteiger partial charge in [0.1, 0.15) is 5.75 Å². The van der Waals surface area contributed by atoms with Crippen molar-refractivity contribution in [2.75, 3.05) is 21.2 Å². The molecule has 0 aliphatic rings. The molecule has 0 aliphatic carbocycles. The van der Waals surface area contributed by atoms with Crippen molar-refractivity contribution < 1.29 is 27.5 Å². The number of ether oxygens (including phenoxy) is 1. The largest absolute Gasteiger partial charge is 0.496 e. The van der Waals surface area contributed by atoms with Crippen molar-refractivity contribution in [2.24, 2.45) is 0 Å². The van der Waals surface area contributed by atoms with Gasteiger partial charge in [-0.3, -0.25) is 14.4 Å². The average molecular weight is 619 g/mol. The molecule has 2 rings (SSSR count). The van der Waals surface area contributed by atoms with Crippen molar-refractivity contribution >= 4 is 107 Å². The fourth-order valence-electron chi connectivity index (χ4n) is 2.19. The molecule has 2 aromatic rings. The quantitative estimate of drug-likeness (QED) is 0.275. The molecule has 180 valence electrons. The summed E-state index contributed by atoms with van der Waals surface area (Å²) in [5, 5.41) is -3.70. The van der Waals surface area contributed by atoms with Crippen LogP contribution in [-0.4, -0.2) is 49.7 Å². The van der Waals surface area contributed by atoms with Crippen LogP contribution in [-0.2, 0) is 10.0 Å². The molecule has 0 aliphatic heterocycles. The van der Waals surface area contributed by atoms with E-state index in [9.17, 15) is 22.8 Å². The van der Waals surface area contributed by atoms with Gasteiger partial charge in [-0.25, -0.2) is 12.7 Å². The molecule has 0 fully saturated rings. The van der Waals surface area contributed by atoms with Crippen LogP contribution >= 0.6 is 81.2 Å². The van der Waals surface area contributed by atoms with Crippen molar-refractivity contribution in [3.63, 3.8) is 0 Å². The van der Waals surface area contributed by atoms with Crippen molar-refractivity contribution in [3.05, 3.63) is 55.0 Å². The van der Waals surface area contributed by atoms with E-state index in [1.54, 1.807) is 0 Å². The summed E-state index contributed by atoms with van der Waals surface area (Å²) in [6.07, 6.45) is 0. The summed E-state index contributed by atoms with van der Waals surface area (Å²) in [7, 11) is 0.592. The molecule has 0 bridgehead atoms. The maximum atomic E-state index is 11.8. The lowest BCUT2D eigenvalue weighted by atomic mass is 10.1. The van der Waals surface area contributed by atoms with Gasteiger partial charge in [0, 0.05) is 14.1 Å². The molecular weight excluding hydrogens is 606 g/mol. The number of hydrogen-bond donors (Lipinski definition) is 0. The van der Waals surface area contributed by atoms with Gasteiger partial charge in [0.15, 0.2) is 0 Å². The molecule has 0 spiro atoms. The Kier molecular flexibility index (Phi) is 11.2. The van der Waals surface area contributed by atoms with Crippen LogP contribution < -0.4 is 4.74 Å². The van der Waals surface area contributed by atoms with E-state index in [4.69, 9.17) is 85.9 Å². The van der Waals surface area contributed by atoms with Gasteiger partial charge in [-0.2, -0.15) is 0 Å². The molecule has 33 heavy (non-hydrogen) atoms. The van der Waals surface area contributed by atoms with E-state index >= 15 is 0 Å². The Morgan fingerprint density at radius 1 is 0.788 bits per heavy atom. The third-order valence-electron chi connectivity index (χ3n) is 3.82. The molecular formula is C18H12Cl7NO6S. The highest BCUT2D eigenvalue weighted by molar-refractivity contribution is 7.89. The topological polar surface area (TPSA) is 97.8 Å². The van der Waals surface area contributed by atoms with Crippen molar-refractivity contribution in [3.8, 4) is 5.75 Å². The predicted molar refractivity (Wildman–Crippen MR) is 131 cm³/mol. The van der Waals surface area contributed by atoms with Crippen molar-refractivity contribution in [1.82, 2.24) is 4.31 Å². The molecule has 0 N–H and O–H groups in total. The van der Waals surface area contributed by atoms with Crippen molar-refractivity contribution in [2.45, 2.75) is 4.90 Å². The number of halogens is 7. The van der Waals surface area contributed by atoms with Gasteiger partial charge >= 0.3 is 0 Å². The van der Waals surface area contributed by atoms with Gasteiger partial charge < -0.3 is 4.74 Å². The number of carbonyl (C=O) groups is 3. The van der Waals surface area contributed by atoms with E-state index in [1.165, 1.54) is 39.4 Å². The molecule has 0 saturated carbocycles. The monoisotopic (exact) mass is 615 g/mol. The van der Waals surface area contributed by atoms with Crippen LogP contribution in [0.5, 0.6) is 5.75 Å². The van der Waals surface area contributed by atoms with Crippen molar-refractivity contribution in [1.29, 1.82) is 0 Å². The van der Waals surface area contributed by atoms with Gasteiger partial charge in [0.25, 0.3) is 15.7 Å². The molecule has 0 radical (unpaired) electrons. The summed E-state index contributed by atoms with van der Waals surface area (Å²) in [5.74, 6) is 0.239. The minimum Gasteiger partial charge on any atom is -0.496 e. The summed E-state index contributed by atoms with van der Waals surface area (Å²) in [6.45, 7) is 0. The van der Waals surface area contributed by atoms with Gasteiger partial charge in [-0.15, -0.1) is 0 Å². The number of carbonyl (C=O) groups excluding carboxylic acids is 3. The molecule has 0 unspecified atom stereocenters. The highest BCUT2D eigenvalue weighted by Crippen LogP contribution is 2.42. The number of nitrogens with zero attached hydrogens (tertiary/aromatic N) is 1. The molecule has 7 nitrogen and oxygen atoms in total. The van der Waals surface area contributed by atoms with Crippen LogP contribution in [0, 0.1) is 0 Å². The second-order valence-electron chi connectivity index (χ2n) is 5.98. The Bertz CT molecular complexity index is 1160. The standard InChI is InChI=1S/C10H12ClNO4S.C8Cl6O2/c1-12(2)17(14,15)7-4-5-9(16-3)8(6-7)10(11)13;9-3-1(7(13)15)4(10)6(12)2(5(3)11)8(14)16/h4-6H,1-3H3;. The lowest BCUT2D eigenvalue weighted by Crippen LogP contribution is -2.22. The van der Waals surface area contributed by atoms with Crippen LogP contribution in [0.25, 0.3) is 0 Å². The summed E-state index contributed by atoms with van der Waals surface area (Å²) in [6, 6.07) is 3.95. The van der Waals surface area contributed by atoms with E-state index in [-0.39, 0.29) is 47.4 Å². The van der Waals surface area contributed by atoms with E-state index in [0.29, 0.717) is 0 Å². The summed E-state index contributed by atoms with van der Waals surface area (Å²) < 4.78 is 29.6. The highest BCUT2D eigenvalue weighted by Gasteiger charge is 2.26. The number of benzene rings is 2. The van der Waals surface area contributed by atoms with Gasteiger partial charge in [0.05, 0.1) is 48.8 Å². The maximum absolute atomic E-state index is 11.8. The zero-order valence-electron chi connectivity index (χ0n) is 16.7. The average Bonchev–Trinajstić information content (AvgIpc) is 2.71. The third kappa shape index (κ3) is 6.87. The highest BCUT2D eigenvalue weighted by atomic mass is 35.5. The lowest BCUT2D eigenvalue weighted by Gasteiger charge is -2.13. The van der Waals surface area contributed by atoms with Gasteiger partial charge in [-0.1, -0.05) is 46.4 Å². The number of rotatable bonds is 6. The normalized spacial score (nSPS) is 11.0. The first-order chi connectivity index (χ1) is 15.1. The second kappa shape index (κ2) is 12.2. The number of hydrogen-bond acceptors (Lipinski definition) is 6. The first-order valence-corrected chi connectivity index (χ1v) is 12.2. The van der Waals surface area contributed by atoms with E-state index < -0.39 is 25.8 Å². The Balaban J connectivity index is 0.000000331.